The Kier molecular flexibility index (Phi) is 6.49. The van der Waals surface area contributed by atoms with Crippen molar-refractivity contribution >= 4 is 16.0 Å². The van der Waals surface area contributed by atoms with Crippen LogP contribution in [0.4, 0.5) is 0 Å². The van der Waals surface area contributed by atoms with Gasteiger partial charge in [-0.1, -0.05) is 30.3 Å². The van der Waals surface area contributed by atoms with E-state index < -0.39 is 10.0 Å². The Bertz CT molecular complexity index is 912. The van der Waals surface area contributed by atoms with Gasteiger partial charge in [0.2, 0.25) is 10.0 Å². The number of benzene rings is 2. The maximum absolute atomic E-state index is 12.6. The van der Waals surface area contributed by atoms with E-state index in [0.29, 0.717) is 38.5 Å². The molecule has 150 valence electrons. The molecule has 0 bridgehead atoms. The number of esters is 1. The molecule has 0 radical (unpaired) electrons. The Labute approximate surface area is 166 Å². The van der Waals surface area contributed by atoms with Crippen molar-refractivity contribution < 1.29 is 22.7 Å². The first-order chi connectivity index (χ1) is 13.4. The van der Waals surface area contributed by atoms with Crippen molar-refractivity contribution in [3.63, 3.8) is 0 Å². The van der Waals surface area contributed by atoms with Crippen molar-refractivity contribution in [1.29, 1.82) is 0 Å². The lowest BCUT2D eigenvalue weighted by Gasteiger charge is -2.26. The van der Waals surface area contributed by atoms with E-state index in [1.807, 2.05) is 32.0 Å². The Balaban J connectivity index is 1.59. The van der Waals surface area contributed by atoms with Gasteiger partial charge >= 0.3 is 5.97 Å². The van der Waals surface area contributed by atoms with Crippen LogP contribution in [0.3, 0.4) is 0 Å². The lowest BCUT2D eigenvalue weighted by atomic mass is 10.1. The van der Waals surface area contributed by atoms with Crippen molar-refractivity contribution in [1.82, 2.24) is 4.31 Å². The van der Waals surface area contributed by atoms with Gasteiger partial charge in [0.15, 0.2) is 0 Å². The van der Waals surface area contributed by atoms with Gasteiger partial charge < -0.3 is 9.47 Å². The van der Waals surface area contributed by atoms with E-state index >= 15 is 0 Å². The van der Waals surface area contributed by atoms with Crippen LogP contribution in [-0.2, 0) is 26.0 Å². The summed E-state index contributed by atoms with van der Waals surface area (Å²) in [4.78, 5) is 12.4. The molecule has 1 saturated heterocycles. The average molecular weight is 404 g/mol. The van der Waals surface area contributed by atoms with E-state index in [0.717, 1.165) is 16.7 Å². The van der Waals surface area contributed by atoms with Gasteiger partial charge in [0, 0.05) is 19.5 Å². The summed E-state index contributed by atoms with van der Waals surface area (Å²) in [5.41, 5.74) is 2.73. The molecule has 0 aliphatic carbocycles. The topological polar surface area (TPSA) is 72.9 Å². The Morgan fingerprint density at radius 3 is 2.25 bits per heavy atom. The maximum atomic E-state index is 12.6. The van der Waals surface area contributed by atoms with Crippen molar-refractivity contribution in [3.05, 3.63) is 59.2 Å². The van der Waals surface area contributed by atoms with Crippen LogP contribution in [0.2, 0.25) is 0 Å². The molecular weight excluding hydrogens is 378 g/mol. The molecule has 2 aromatic carbocycles. The number of carbonyl (C=O) groups is 1. The smallest absolute Gasteiger partial charge is 0.311 e. The number of ether oxygens (including phenoxy) is 2. The molecule has 6 nitrogen and oxygen atoms in total. The number of morpholine rings is 1. The highest BCUT2D eigenvalue weighted by molar-refractivity contribution is 7.89. The van der Waals surface area contributed by atoms with Crippen LogP contribution < -0.4 is 4.74 Å². The van der Waals surface area contributed by atoms with E-state index in [-0.39, 0.29) is 17.3 Å². The number of carbonyl (C=O) groups excluding carboxylic acids is 1. The van der Waals surface area contributed by atoms with Crippen molar-refractivity contribution in [2.45, 2.75) is 31.6 Å². The van der Waals surface area contributed by atoms with E-state index in [4.69, 9.17) is 9.47 Å². The molecule has 7 heteroatoms. The SMILES string of the molecule is Cc1cccc(C)c1OC(=O)CCc1ccc(S(=O)(=O)N2CCOCC2)cc1. The zero-order valence-electron chi connectivity index (χ0n) is 16.2. The number of hydrogen-bond donors (Lipinski definition) is 0. The van der Waals surface area contributed by atoms with Gasteiger partial charge in [-0.25, -0.2) is 8.42 Å². The standard InChI is InChI=1S/C21H25NO5S/c1-16-4-3-5-17(2)21(16)27-20(23)11-8-18-6-9-19(10-7-18)28(24,25)22-12-14-26-15-13-22/h3-7,9-10H,8,11-15H2,1-2H3. The quantitative estimate of drug-likeness (QED) is 0.548. The van der Waals surface area contributed by atoms with Gasteiger partial charge in [-0.2, -0.15) is 4.31 Å². The van der Waals surface area contributed by atoms with Crippen LogP contribution in [0.15, 0.2) is 47.4 Å². The third-order valence-electron chi connectivity index (χ3n) is 4.77. The molecule has 0 N–H and O–H groups in total. The Hall–Kier alpha value is -2.22. The molecule has 0 saturated carbocycles. The summed E-state index contributed by atoms with van der Waals surface area (Å²) in [6.07, 6.45) is 0.713. The number of sulfonamides is 1. The molecule has 0 amide bonds. The first-order valence-electron chi connectivity index (χ1n) is 9.31. The first kappa shape index (κ1) is 20.5. The van der Waals surface area contributed by atoms with Gasteiger partial charge in [-0.05, 0) is 49.1 Å². The first-order valence-corrected chi connectivity index (χ1v) is 10.8. The predicted octanol–water partition coefficient (Wildman–Crippen LogP) is 2.86. The molecule has 1 fully saturated rings. The predicted molar refractivity (Wildman–Crippen MR) is 106 cm³/mol. The number of nitrogens with zero attached hydrogens (tertiary/aromatic N) is 1. The molecule has 3 rings (SSSR count). The summed E-state index contributed by atoms with van der Waals surface area (Å²) in [5.74, 6) is 0.307. The van der Waals surface area contributed by atoms with Crippen molar-refractivity contribution in [2.75, 3.05) is 26.3 Å². The molecule has 0 unspecified atom stereocenters. The van der Waals surface area contributed by atoms with Crippen LogP contribution >= 0.6 is 0 Å². The highest BCUT2D eigenvalue weighted by Gasteiger charge is 2.26. The minimum Gasteiger partial charge on any atom is -0.426 e. The van der Waals surface area contributed by atoms with E-state index in [2.05, 4.69) is 0 Å². The molecule has 0 atom stereocenters. The highest BCUT2D eigenvalue weighted by Crippen LogP contribution is 2.23. The van der Waals surface area contributed by atoms with E-state index in [9.17, 15) is 13.2 Å². The number of rotatable bonds is 6. The Morgan fingerprint density at radius 2 is 1.64 bits per heavy atom. The van der Waals surface area contributed by atoms with Gasteiger partial charge in [0.1, 0.15) is 5.75 Å². The monoisotopic (exact) mass is 403 g/mol. The molecule has 2 aromatic rings. The number of para-hydroxylation sites is 1. The van der Waals surface area contributed by atoms with Gasteiger partial charge in [0.25, 0.3) is 0 Å². The number of aryl methyl sites for hydroxylation is 3. The van der Waals surface area contributed by atoms with Crippen LogP contribution in [0.1, 0.15) is 23.1 Å². The second-order valence-electron chi connectivity index (χ2n) is 6.86. The molecule has 28 heavy (non-hydrogen) atoms. The fourth-order valence-corrected chi connectivity index (χ4v) is 4.54. The van der Waals surface area contributed by atoms with E-state index in [1.54, 1.807) is 24.3 Å². The minimum atomic E-state index is -3.50. The fraction of sp³-hybridized carbons (Fsp3) is 0.381. The largest absolute Gasteiger partial charge is 0.426 e. The van der Waals surface area contributed by atoms with Crippen LogP contribution in [0, 0.1) is 13.8 Å². The van der Waals surface area contributed by atoms with E-state index in [1.165, 1.54) is 4.31 Å². The molecule has 0 aromatic heterocycles. The molecule has 1 aliphatic heterocycles. The summed E-state index contributed by atoms with van der Waals surface area (Å²) < 4.78 is 37.4. The molecular formula is C21H25NO5S. The average Bonchev–Trinajstić information content (AvgIpc) is 2.70. The Morgan fingerprint density at radius 1 is 1.04 bits per heavy atom. The van der Waals surface area contributed by atoms with Gasteiger partial charge in [-0.15, -0.1) is 0 Å². The summed E-state index contributed by atoms with van der Waals surface area (Å²) >= 11 is 0. The van der Waals surface area contributed by atoms with Crippen LogP contribution in [0.5, 0.6) is 5.75 Å². The third-order valence-corrected chi connectivity index (χ3v) is 6.69. The second-order valence-corrected chi connectivity index (χ2v) is 8.79. The van der Waals surface area contributed by atoms with Crippen molar-refractivity contribution in [2.24, 2.45) is 0 Å². The summed E-state index contributed by atoms with van der Waals surface area (Å²) in [6.45, 7) is 5.38. The third kappa shape index (κ3) is 4.79. The zero-order valence-corrected chi connectivity index (χ0v) is 17.0. The second kappa shape index (κ2) is 8.86. The normalized spacial score (nSPS) is 15.4. The molecule has 1 aliphatic rings. The van der Waals surface area contributed by atoms with Crippen molar-refractivity contribution in [3.8, 4) is 5.75 Å². The summed E-state index contributed by atoms with van der Waals surface area (Å²) in [7, 11) is -3.50. The minimum absolute atomic E-state index is 0.226. The van der Waals surface area contributed by atoms with Crippen LogP contribution in [-0.4, -0.2) is 45.0 Å². The highest BCUT2D eigenvalue weighted by atomic mass is 32.2. The zero-order chi connectivity index (χ0) is 20.1. The summed E-state index contributed by atoms with van der Waals surface area (Å²) in [6, 6.07) is 12.4. The summed E-state index contributed by atoms with van der Waals surface area (Å²) in [5, 5.41) is 0. The lowest BCUT2D eigenvalue weighted by Crippen LogP contribution is -2.40. The molecule has 1 heterocycles. The van der Waals surface area contributed by atoms with Gasteiger partial charge in [0.05, 0.1) is 18.1 Å². The lowest BCUT2D eigenvalue weighted by molar-refractivity contribution is -0.134. The molecule has 0 spiro atoms. The number of hydrogen-bond acceptors (Lipinski definition) is 5. The van der Waals surface area contributed by atoms with Crippen LogP contribution in [0.25, 0.3) is 0 Å². The maximum Gasteiger partial charge on any atom is 0.311 e. The van der Waals surface area contributed by atoms with Gasteiger partial charge in [-0.3, -0.25) is 4.79 Å². The fourth-order valence-electron chi connectivity index (χ4n) is 3.14.